The van der Waals surface area contributed by atoms with Crippen LogP contribution in [0.15, 0.2) is 53.5 Å². The lowest BCUT2D eigenvalue weighted by Gasteiger charge is -2.14. The maximum Gasteiger partial charge on any atom is 0.193 e. The summed E-state index contributed by atoms with van der Waals surface area (Å²) in [6, 6.07) is 15.5. The van der Waals surface area contributed by atoms with Gasteiger partial charge in [-0.2, -0.15) is 0 Å². The molecule has 1 unspecified atom stereocenters. The average molecular weight is 446 g/mol. The fourth-order valence-corrected chi connectivity index (χ4v) is 2.23. The molecule has 124 valence electrons. The third-order valence-corrected chi connectivity index (χ3v) is 3.49. The van der Waals surface area contributed by atoms with Gasteiger partial charge in [0.05, 0.1) is 6.54 Å². The van der Waals surface area contributed by atoms with Gasteiger partial charge in [0.15, 0.2) is 5.96 Å². The SMILES string of the molecule is COC(CN=C(N)Nc1ccc(C)cc1)c1cccc(Cl)c1.I. The van der Waals surface area contributed by atoms with Crippen LogP contribution in [0.25, 0.3) is 0 Å². The van der Waals surface area contributed by atoms with Crippen molar-refractivity contribution in [2.24, 2.45) is 10.7 Å². The quantitative estimate of drug-likeness (QED) is 0.408. The summed E-state index contributed by atoms with van der Waals surface area (Å²) in [6.07, 6.45) is -0.183. The predicted molar refractivity (Wildman–Crippen MR) is 108 cm³/mol. The molecule has 0 fully saturated rings. The Kier molecular flexibility index (Phi) is 8.36. The first-order chi connectivity index (χ1) is 10.6. The summed E-state index contributed by atoms with van der Waals surface area (Å²) in [5.74, 6) is 0.355. The molecule has 2 aromatic rings. The first-order valence-corrected chi connectivity index (χ1v) is 7.38. The molecule has 4 nitrogen and oxygen atoms in total. The minimum absolute atomic E-state index is 0. The van der Waals surface area contributed by atoms with Crippen LogP contribution < -0.4 is 11.1 Å². The molecule has 0 aromatic heterocycles. The number of nitrogens with one attached hydrogen (secondary N) is 1. The Bertz CT molecular complexity index is 647. The van der Waals surface area contributed by atoms with Gasteiger partial charge in [-0.25, -0.2) is 0 Å². The zero-order valence-electron chi connectivity index (χ0n) is 13.1. The van der Waals surface area contributed by atoms with Crippen molar-refractivity contribution >= 4 is 47.2 Å². The number of halogens is 2. The Balaban J connectivity index is 0.00000264. The molecule has 23 heavy (non-hydrogen) atoms. The minimum atomic E-state index is -0.183. The van der Waals surface area contributed by atoms with E-state index in [-0.39, 0.29) is 30.1 Å². The van der Waals surface area contributed by atoms with Crippen LogP contribution in [0, 0.1) is 6.92 Å². The van der Waals surface area contributed by atoms with Crippen LogP contribution >= 0.6 is 35.6 Å². The largest absolute Gasteiger partial charge is 0.375 e. The van der Waals surface area contributed by atoms with Crippen LogP contribution in [0.4, 0.5) is 5.69 Å². The van der Waals surface area contributed by atoms with Crippen molar-refractivity contribution in [1.82, 2.24) is 0 Å². The van der Waals surface area contributed by atoms with Gasteiger partial charge in [-0.15, -0.1) is 24.0 Å². The lowest BCUT2D eigenvalue weighted by molar-refractivity contribution is 0.111. The molecule has 0 saturated carbocycles. The highest BCUT2D eigenvalue weighted by Gasteiger charge is 2.10. The number of hydrogen-bond donors (Lipinski definition) is 2. The minimum Gasteiger partial charge on any atom is -0.375 e. The van der Waals surface area contributed by atoms with E-state index in [1.807, 2.05) is 55.5 Å². The first-order valence-electron chi connectivity index (χ1n) is 7.00. The summed E-state index contributed by atoms with van der Waals surface area (Å²) in [5.41, 5.74) is 8.99. The van der Waals surface area contributed by atoms with Crippen molar-refractivity contribution in [3.8, 4) is 0 Å². The van der Waals surface area contributed by atoms with Gasteiger partial charge in [-0.1, -0.05) is 41.4 Å². The Labute approximate surface area is 159 Å². The number of guanidine groups is 1. The van der Waals surface area contributed by atoms with Crippen molar-refractivity contribution in [3.05, 3.63) is 64.7 Å². The van der Waals surface area contributed by atoms with E-state index in [0.717, 1.165) is 11.3 Å². The number of anilines is 1. The highest BCUT2D eigenvalue weighted by Crippen LogP contribution is 2.20. The van der Waals surface area contributed by atoms with E-state index in [9.17, 15) is 0 Å². The summed E-state index contributed by atoms with van der Waals surface area (Å²) in [7, 11) is 1.64. The third-order valence-electron chi connectivity index (χ3n) is 3.26. The maximum atomic E-state index is 6.00. The van der Waals surface area contributed by atoms with Gasteiger partial charge in [-0.05, 0) is 36.8 Å². The molecule has 0 aliphatic carbocycles. The molecule has 3 N–H and O–H groups in total. The van der Waals surface area contributed by atoms with Gasteiger partial charge in [-0.3, -0.25) is 4.99 Å². The number of ether oxygens (including phenoxy) is 1. The number of benzene rings is 2. The number of rotatable bonds is 5. The van der Waals surface area contributed by atoms with Crippen LogP contribution in [0.2, 0.25) is 5.02 Å². The van der Waals surface area contributed by atoms with Gasteiger partial charge in [0.1, 0.15) is 6.10 Å². The van der Waals surface area contributed by atoms with Crippen molar-refractivity contribution in [2.75, 3.05) is 19.0 Å². The number of nitrogens with zero attached hydrogens (tertiary/aromatic N) is 1. The second-order valence-electron chi connectivity index (χ2n) is 5.00. The molecule has 0 amide bonds. The Morgan fingerprint density at radius 3 is 2.57 bits per heavy atom. The van der Waals surface area contributed by atoms with Gasteiger partial charge < -0.3 is 15.8 Å². The lowest BCUT2D eigenvalue weighted by Crippen LogP contribution is -2.23. The maximum absolute atomic E-state index is 6.00. The van der Waals surface area contributed by atoms with Crippen molar-refractivity contribution in [2.45, 2.75) is 13.0 Å². The normalized spacial score (nSPS) is 12.4. The topological polar surface area (TPSA) is 59.6 Å². The predicted octanol–water partition coefficient (Wildman–Crippen LogP) is 4.38. The number of hydrogen-bond acceptors (Lipinski definition) is 2. The van der Waals surface area contributed by atoms with E-state index < -0.39 is 0 Å². The molecule has 0 radical (unpaired) electrons. The Morgan fingerprint density at radius 2 is 1.96 bits per heavy atom. The molecule has 2 rings (SSSR count). The van der Waals surface area contributed by atoms with Crippen LogP contribution in [0.3, 0.4) is 0 Å². The zero-order chi connectivity index (χ0) is 15.9. The van der Waals surface area contributed by atoms with E-state index in [1.54, 1.807) is 7.11 Å². The Morgan fingerprint density at radius 1 is 1.26 bits per heavy atom. The fraction of sp³-hybridized carbons (Fsp3) is 0.235. The molecule has 0 aliphatic rings. The second kappa shape index (κ2) is 9.75. The molecular formula is C17H21ClIN3O. The van der Waals surface area contributed by atoms with Crippen molar-refractivity contribution in [1.29, 1.82) is 0 Å². The summed E-state index contributed by atoms with van der Waals surface area (Å²) in [5, 5.41) is 3.73. The summed E-state index contributed by atoms with van der Waals surface area (Å²) < 4.78 is 5.46. The zero-order valence-corrected chi connectivity index (χ0v) is 16.2. The van der Waals surface area contributed by atoms with E-state index in [1.165, 1.54) is 5.56 Å². The van der Waals surface area contributed by atoms with Crippen LogP contribution in [0.1, 0.15) is 17.2 Å². The first kappa shape index (κ1) is 19.7. The van der Waals surface area contributed by atoms with Crippen LogP contribution in [-0.2, 0) is 4.74 Å². The molecule has 2 aromatic carbocycles. The standard InChI is InChI=1S/C17H20ClN3O.HI/c1-12-6-8-15(9-7-12)21-17(19)20-11-16(22-2)13-4-3-5-14(18)10-13;/h3-10,16H,11H2,1-2H3,(H3,19,20,21);1H. The number of nitrogens with two attached hydrogens (primary N) is 1. The Hall–Kier alpha value is -1.31. The van der Waals surface area contributed by atoms with Crippen LogP contribution in [0.5, 0.6) is 0 Å². The molecular weight excluding hydrogens is 425 g/mol. The molecule has 0 bridgehead atoms. The molecule has 0 aliphatic heterocycles. The number of aryl methyl sites for hydroxylation is 1. The van der Waals surface area contributed by atoms with Crippen molar-refractivity contribution in [3.63, 3.8) is 0 Å². The van der Waals surface area contributed by atoms with E-state index in [2.05, 4.69) is 10.3 Å². The smallest absolute Gasteiger partial charge is 0.193 e. The van der Waals surface area contributed by atoms with Crippen LogP contribution in [-0.4, -0.2) is 19.6 Å². The van der Waals surface area contributed by atoms with Crippen molar-refractivity contribution < 1.29 is 4.74 Å². The van der Waals surface area contributed by atoms with Gasteiger partial charge >= 0.3 is 0 Å². The van der Waals surface area contributed by atoms with E-state index in [0.29, 0.717) is 17.5 Å². The molecule has 1 atom stereocenters. The second-order valence-corrected chi connectivity index (χ2v) is 5.43. The lowest BCUT2D eigenvalue weighted by atomic mass is 10.1. The highest BCUT2D eigenvalue weighted by atomic mass is 127. The molecule has 6 heteroatoms. The summed E-state index contributed by atoms with van der Waals surface area (Å²) >= 11 is 6.00. The highest BCUT2D eigenvalue weighted by molar-refractivity contribution is 14.0. The van der Waals surface area contributed by atoms with E-state index >= 15 is 0 Å². The molecule has 0 spiro atoms. The molecule has 0 saturated heterocycles. The van der Waals surface area contributed by atoms with Gasteiger partial charge in [0, 0.05) is 17.8 Å². The summed E-state index contributed by atoms with van der Waals surface area (Å²) in [4.78, 5) is 4.33. The van der Waals surface area contributed by atoms with Gasteiger partial charge in [0.2, 0.25) is 0 Å². The fourth-order valence-electron chi connectivity index (χ4n) is 2.03. The van der Waals surface area contributed by atoms with E-state index in [4.69, 9.17) is 22.1 Å². The monoisotopic (exact) mass is 445 g/mol. The average Bonchev–Trinajstić information content (AvgIpc) is 2.50. The molecule has 0 heterocycles. The number of methoxy groups -OCH3 is 1. The number of aliphatic imine (C=N–C) groups is 1. The third kappa shape index (κ3) is 6.37. The van der Waals surface area contributed by atoms with Gasteiger partial charge in [0.25, 0.3) is 0 Å². The summed E-state index contributed by atoms with van der Waals surface area (Å²) in [6.45, 7) is 2.46.